The fourth-order valence-electron chi connectivity index (χ4n) is 1.13. The van der Waals surface area contributed by atoms with E-state index in [1.165, 1.54) is 0 Å². The van der Waals surface area contributed by atoms with E-state index in [-0.39, 0.29) is 12.6 Å². The number of rotatable bonds is 1. The Hall–Kier alpha value is -1.91. The number of hydrogen-bond acceptors (Lipinski definition) is 4. The summed E-state index contributed by atoms with van der Waals surface area (Å²) in [6.45, 7) is 0.248. The lowest BCUT2D eigenvalue weighted by Gasteiger charge is -2.00. The van der Waals surface area contributed by atoms with Gasteiger partial charge in [0.1, 0.15) is 5.84 Å². The Kier molecular flexibility index (Phi) is 1.70. The van der Waals surface area contributed by atoms with E-state index in [2.05, 4.69) is 5.10 Å². The van der Waals surface area contributed by atoms with E-state index >= 15 is 0 Å². The highest BCUT2D eigenvalue weighted by atomic mass is 16.7. The van der Waals surface area contributed by atoms with Crippen LogP contribution in [0, 0.1) is 0 Å². The third-order valence-electron chi connectivity index (χ3n) is 1.81. The van der Waals surface area contributed by atoms with E-state index in [1.54, 1.807) is 18.2 Å². The molecule has 1 aromatic carbocycles. The summed E-state index contributed by atoms with van der Waals surface area (Å²) >= 11 is 0. The standard InChI is InChI=1S/C8H9N3O2/c9-8(11-10)5-1-2-6-7(3-5)13-4-12-6/h1-3H,4,10H2,(H2,9,11). The van der Waals surface area contributed by atoms with Crippen molar-refractivity contribution in [2.45, 2.75) is 0 Å². The minimum absolute atomic E-state index is 0.248. The molecule has 4 N–H and O–H groups in total. The molecule has 0 bridgehead atoms. The number of ether oxygens (including phenoxy) is 2. The first-order valence-corrected chi connectivity index (χ1v) is 3.74. The Morgan fingerprint density at radius 1 is 1.31 bits per heavy atom. The van der Waals surface area contributed by atoms with E-state index < -0.39 is 0 Å². The predicted molar refractivity (Wildman–Crippen MR) is 47.5 cm³/mol. The van der Waals surface area contributed by atoms with E-state index in [0.29, 0.717) is 11.5 Å². The maximum absolute atomic E-state index is 5.52. The maximum Gasteiger partial charge on any atom is 0.231 e. The highest BCUT2D eigenvalue weighted by molar-refractivity contribution is 5.97. The van der Waals surface area contributed by atoms with Gasteiger partial charge in [0.05, 0.1) is 0 Å². The molecule has 5 heteroatoms. The summed E-state index contributed by atoms with van der Waals surface area (Å²) in [5, 5.41) is 3.38. The second-order valence-corrected chi connectivity index (χ2v) is 2.58. The maximum atomic E-state index is 5.52. The number of nitrogens with zero attached hydrogens (tertiary/aromatic N) is 1. The molecule has 68 valence electrons. The lowest BCUT2D eigenvalue weighted by atomic mass is 10.2. The minimum atomic E-state index is 0.248. The molecular weight excluding hydrogens is 170 g/mol. The Balaban J connectivity index is 2.41. The number of fused-ring (bicyclic) bond motifs is 1. The molecule has 0 unspecified atom stereocenters. The van der Waals surface area contributed by atoms with Gasteiger partial charge in [-0.05, 0) is 18.2 Å². The number of hydrazone groups is 1. The van der Waals surface area contributed by atoms with Gasteiger partial charge in [-0.3, -0.25) is 0 Å². The van der Waals surface area contributed by atoms with E-state index in [4.69, 9.17) is 21.1 Å². The summed E-state index contributed by atoms with van der Waals surface area (Å²) < 4.78 is 10.3. The molecule has 0 saturated carbocycles. The molecule has 0 aromatic heterocycles. The highest BCUT2D eigenvalue weighted by Gasteiger charge is 2.13. The fraction of sp³-hybridized carbons (Fsp3) is 0.125. The number of hydrogen-bond donors (Lipinski definition) is 2. The molecule has 1 aliphatic rings. The van der Waals surface area contributed by atoms with Crippen molar-refractivity contribution in [1.29, 1.82) is 0 Å². The molecule has 5 nitrogen and oxygen atoms in total. The Morgan fingerprint density at radius 3 is 2.85 bits per heavy atom. The summed E-state index contributed by atoms with van der Waals surface area (Å²) in [5.41, 5.74) is 6.25. The van der Waals surface area contributed by atoms with E-state index in [1.807, 2.05) is 0 Å². The summed E-state index contributed by atoms with van der Waals surface area (Å²) in [5.74, 6) is 6.70. The quantitative estimate of drug-likeness (QED) is 0.275. The van der Waals surface area contributed by atoms with Crippen LogP contribution in [0.2, 0.25) is 0 Å². The summed E-state index contributed by atoms with van der Waals surface area (Å²) in [7, 11) is 0. The van der Waals surface area contributed by atoms with Crippen LogP contribution in [-0.4, -0.2) is 12.6 Å². The summed E-state index contributed by atoms with van der Waals surface area (Å²) in [6.07, 6.45) is 0. The molecule has 0 fully saturated rings. The van der Waals surface area contributed by atoms with Crippen molar-refractivity contribution in [2.24, 2.45) is 16.7 Å². The van der Waals surface area contributed by atoms with Gasteiger partial charge in [-0.25, -0.2) is 0 Å². The molecule has 0 atom stereocenters. The normalized spacial score (nSPS) is 14.6. The van der Waals surface area contributed by atoms with Crippen LogP contribution in [0.15, 0.2) is 23.3 Å². The first-order chi connectivity index (χ1) is 6.31. The average molecular weight is 179 g/mol. The van der Waals surface area contributed by atoms with Crippen LogP contribution in [0.5, 0.6) is 11.5 Å². The smallest absolute Gasteiger partial charge is 0.231 e. The van der Waals surface area contributed by atoms with Crippen molar-refractivity contribution in [3.05, 3.63) is 23.8 Å². The van der Waals surface area contributed by atoms with E-state index in [0.717, 1.165) is 5.56 Å². The van der Waals surface area contributed by atoms with Gasteiger partial charge in [-0.2, -0.15) is 5.10 Å². The third kappa shape index (κ3) is 1.24. The van der Waals surface area contributed by atoms with Gasteiger partial charge >= 0.3 is 0 Å². The number of benzene rings is 1. The van der Waals surface area contributed by atoms with Crippen molar-refractivity contribution in [3.8, 4) is 11.5 Å². The average Bonchev–Trinajstić information content (AvgIpc) is 2.63. The molecule has 13 heavy (non-hydrogen) atoms. The van der Waals surface area contributed by atoms with Crippen molar-refractivity contribution in [1.82, 2.24) is 0 Å². The molecule has 0 aliphatic carbocycles. The monoisotopic (exact) mass is 179 g/mol. The first-order valence-electron chi connectivity index (χ1n) is 3.74. The van der Waals surface area contributed by atoms with Gasteiger partial charge in [0.2, 0.25) is 6.79 Å². The Morgan fingerprint density at radius 2 is 2.08 bits per heavy atom. The molecule has 0 radical (unpaired) electrons. The van der Waals surface area contributed by atoms with Gasteiger partial charge in [0, 0.05) is 5.56 Å². The van der Waals surface area contributed by atoms with Crippen molar-refractivity contribution >= 4 is 5.84 Å². The first kappa shape index (κ1) is 7.72. The van der Waals surface area contributed by atoms with Crippen molar-refractivity contribution in [2.75, 3.05) is 6.79 Å². The van der Waals surface area contributed by atoms with Crippen LogP contribution >= 0.6 is 0 Å². The zero-order valence-electron chi connectivity index (χ0n) is 6.86. The van der Waals surface area contributed by atoms with Gasteiger partial charge in [-0.15, -0.1) is 0 Å². The summed E-state index contributed by atoms with van der Waals surface area (Å²) in [6, 6.07) is 5.29. The molecule has 0 saturated heterocycles. The predicted octanol–water partition coefficient (Wildman–Crippen LogP) is -0.00570. The molecule has 1 aliphatic heterocycles. The van der Waals surface area contributed by atoms with Crippen LogP contribution in [0.1, 0.15) is 5.56 Å². The third-order valence-corrected chi connectivity index (χ3v) is 1.81. The van der Waals surface area contributed by atoms with Crippen LogP contribution in [0.4, 0.5) is 0 Å². The molecule has 0 amide bonds. The molecule has 0 spiro atoms. The second-order valence-electron chi connectivity index (χ2n) is 2.58. The zero-order chi connectivity index (χ0) is 9.26. The van der Waals surface area contributed by atoms with Gasteiger partial charge < -0.3 is 21.1 Å². The number of amidine groups is 1. The van der Waals surface area contributed by atoms with Crippen LogP contribution < -0.4 is 21.1 Å². The SMILES string of the molecule is NN=C(N)c1ccc2c(c1)OCO2. The largest absolute Gasteiger partial charge is 0.454 e. The zero-order valence-corrected chi connectivity index (χ0v) is 6.86. The number of nitrogens with two attached hydrogens (primary N) is 2. The minimum Gasteiger partial charge on any atom is -0.454 e. The van der Waals surface area contributed by atoms with Crippen LogP contribution in [-0.2, 0) is 0 Å². The fourth-order valence-corrected chi connectivity index (χ4v) is 1.13. The second kappa shape index (κ2) is 2.85. The van der Waals surface area contributed by atoms with E-state index in [9.17, 15) is 0 Å². The van der Waals surface area contributed by atoms with Gasteiger partial charge in [0.15, 0.2) is 11.5 Å². The molecular formula is C8H9N3O2. The van der Waals surface area contributed by atoms with Crippen LogP contribution in [0.25, 0.3) is 0 Å². The molecule has 1 aromatic rings. The summed E-state index contributed by atoms with van der Waals surface area (Å²) in [4.78, 5) is 0. The lowest BCUT2D eigenvalue weighted by Crippen LogP contribution is -2.15. The Labute approximate surface area is 74.9 Å². The topological polar surface area (TPSA) is 82.9 Å². The molecule has 2 rings (SSSR count). The van der Waals surface area contributed by atoms with Crippen molar-refractivity contribution < 1.29 is 9.47 Å². The lowest BCUT2D eigenvalue weighted by molar-refractivity contribution is 0.174. The van der Waals surface area contributed by atoms with Crippen LogP contribution in [0.3, 0.4) is 0 Å². The van der Waals surface area contributed by atoms with Crippen molar-refractivity contribution in [3.63, 3.8) is 0 Å². The Bertz CT molecular complexity index is 362. The molecule has 1 heterocycles. The van der Waals surface area contributed by atoms with Gasteiger partial charge in [-0.1, -0.05) is 0 Å². The highest BCUT2D eigenvalue weighted by Crippen LogP contribution is 2.32. The van der Waals surface area contributed by atoms with Gasteiger partial charge in [0.25, 0.3) is 0 Å².